The number of benzene rings is 2. The zero-order chi connectivity index (χ0) is 27.0. The summed E-state index contributed by atoms with van der Waals surface area (Å²) in [6.07, 6.45) is 7.45. The van der Waals surface area contributed by atoms with Crippen LogP contribution in [-0.2, 0) is 24.2 Å². The molecule has 0 atom stereocenters. The van der Waals surface area contributed by atoms with E-state index >= 15 is 0 Å². The Balaban J connectivity index is 1.25. The predicted octanol–water partition coefficient (Wildman–Crippen LogP) is 6.29. The van der Waals surface area contributed by atoms with Gasteiger partial charge in [-0.05, 0) is 49.1 Å². The van der Waals surface area contributed by atoms with Crippen molar-refractivity contribution in [1.82, 2.24) is 14.5 Å². The molecule has 1 fully saturated rings. The Morgan fingerprint density at radius 1 is 0.974 bits per heavy atom. The van der Waals surface area contributed by atoms with Crippen molar-refractivity contribution in [3.05, 3.63) is 70.2 Å². The van der Waals surface area contributed by atoms with Gasteiger partial charge in [-0.25, -0.2) is 4.98 Å². The SMILES string of the molecule is CCc1nccn1CCCOc1ccc(CN2CCC(COc3ccc(Cl)c(Cl)c3)(OC)CC2)cc1OC. The number of hydrogen-bond acceptors (Lipinski definition) is 6. The lowest BCUT2D eigenvalue weighted by molar-refractivity contribution is -0.0839. The first kappa shape index (κ1) is 28.6. The molecule has 1 aliphatic rings. The smallest absolute Gasteiger partial charge is 0.161 e. The standard InChI is InChI=1S/C29H37Cl2N3O4/c1-4-28-32-12-16-34(28)13-5-17-37-26-9-6-22(18-27(26)35-2)20-33-14-10-29(36-3,11-15-33)21-38-23-7-8-24(30)25(31)19-23/h6-9,12,16,18-19H,4-5,10-11,13-15,17,20-21H2,1-3H3. The molecule has 1 aromatic heterocycles. The molecule has 2 heterocycles. The number of halogens is 2. The van der Waals surface area contributed by atoms with E-state index in [1.807, 2.05) is 24.5 Å². The zero-order valence-corrected chi connectivity index (χ0v) is 23.9. The van der Waals surface area contributed by atoms with Gasteiger partial charge in [0.1, 0.15) is 23.8 Å². The lowest BCUT2D eigenvalue weighted by Gasteiger charge is -2.40. The van der Waals surface area contributed by atoms with Gasteiger partial charge in [0.15, 0.2) is 11.5 Å². The summed E-state index contributed by atoms with van der Waals surface area (Å²) in [6.45, 7) is 6.75. The van der Waals surface area contributed by atoms with Crippen LogP contribution in [0, 0.1) is 0 Å². The maximum absolute atomic E-state index is 6.12. The molecule has 0 bridgehead atoms. The number of nitrogens with zero attached hydrogens (tertiary/aromatic N) is 3. The van der Waals surface area contributed by atoms with Crippen LogP contribution in [0.25, 0.3) is 0 Å². The van der Waals surface area contributed by atoms with Crippen LogP contribution in [0.1, 0.15) is 37.6 Å². The van der Waals surface area contributed by atoms with Gasteiger partial charge in [0.05, 0.1) is 23.8 Å². The number of hydrogen-bond donors (Lipinski definition) is 0. The summed E-state index contributed by atoms with van der Waals surface area (Å²) in [6, 6.07) is 11.5. The summed E-state index contributed by atoms with van der Waals surface area (Å²) < 4.78 is 25.8. The van der Waals surface area contributed by atoms with E-state index in [-0.39, 0.29) is 5.60 Å². The monoisotopic (exact) mass is 561 g/mol. The Morgan fingerprint density at radius 2 is 1.79 bits per heavy atom. The Morgan fingerprint density at radius 3 is 2.50 bits per heavy atom. The normalized spacial score (nSPS) is 15.4. The van der Waals surface area contributed by atoms with Crippen molar-refractivity contribution in [2.24, 2.45) is 0 Å². The van der Waals surface area contributed by atoms with E-state index in [1.165, 1.54) is 5.56 Å². The summed E-state index contributed by atoms with van der Waals surface area (Å²) in [5.41, 5.74) is 0.865. The first-order valence-corrected chi connectivity index (χ1v) is 13.9. The highest BCUT2D eigenvalue weighted by atomic mass is 35.5. The molecule has 0 aliphatic carbocycles. The molecule has 0 radical (unpaired) electrons. The Kier molecular flexibility index (Phi) is 10.2. The Bertz CT molecular complexity index is 1180. The summed E-state index contributed by atoms with van der Waals surface area (Å²) >= 11 is 12.1. The Labute approximate surface area is 235 Å². The van der Waals surface area contributed by atoms with Crippen LogP contribution in [0.15, 0.2) is 48.8 Å². The molecule has 0 saturated carbocycles. The van der Waals surface area contributed by atoms with Crippen molar-refractivity contribution in [2.45, 2.75) is 51.3 Å². The van der Waals surface area contributed by atoms with Crippen LogP contribution < -0.4 is 14.2 Å². The zero-order valence-electron chi connectivity index (χ0n) is 22.4. The molecule has 4 rings (SSSR count). The van der Waals surface area contributed by atoms with Gasteiger partial charge in [0.2, 0.25) is 0 Å². The third-order valence-corrected chi connectivity index (χ3v) is 7.89. The molecule has 38 heavy (non-hydrogen) atoms. The molecule has 1 saturated heterocycles. The van der Waals surface area contributed by atoms with Crippen molar-refractivity contribution >= 4 is 23.2 Å². The number of ether oxygens (including phenoxy) is 4. The van der Waals surface area contributed by atoms with Crippen molar-refractivity contribution in [3.8, 4) is 17.2 Å². The lowest BCUT2D eigenvalue weighted by Crippen LogP contribution is -2.48. The number of imidazole rings is 1. The Hall–Kier alpha value is -2.45. The fourth-order valence-corrected chi connectivity index (χ4v) is 5.06. The number of methoxy groups -OCH3 is 2. The topological polar surface area (TPSA) is 58.0 Å². The van der Waals surface area contributed by atoms with Gasteiger partial charge in [0.25, 0.3) is 0 Å². The highest BCUT2D eigenvalue weighted by molar-refractivity contribution is 6.42. The summed E-state index contributed by atoms with van der Waals surface area (Å²) in [5.74, 6) is 3.33. The molecule has 9 heteroatoms. The van der Waals surface area contributed by atoms with E-state index in [0.717, 1.165) is 69.2 Å². The van der Waals surface area contributed by atoms with Crippen molar-refractivity contribution in [1.29, 1.82) is 0 Å². The van der Waals surface area contributed by atoms with Gasteiger partial charge in [-0.2, -0.15) is 0 Å². The molecule has 206 valence electrons. The van der Waals surface area contributed by atoms with Gasteiger partial charge in [0, 0.05) is 58.2 Å². The van der Waals surface area contributed by atoms with Crippen LogP contribution in [0.4, 0.5) is 0 Å². The van der Waals surface area contributed by atoms with Crippen LogP contribution >= 0.6 is 23.2 Å². The highest BCUT2D eigenvalue weighted by Gasteiger charge is 2.35. The van der Waals surface area contributed by atoms with Crippen molar-refractivity contribution in [2.75, 3.05) is 40.5 Å². The van der Waals surface area contributed by atoms with E-state index < -0.39 is 0 Å². The minimum Gasteiger partial charge on any atom is -0.493 e. The number of likely N-dealkylation sites (tertiary alicyclic amines) is 1. The third kappa shape index (κ3) is 7.35. The van der Waals surface area contributed by atoms with E-state index in [9.17, 15) is 0 Å². The highest BCUT2D eigenvalue weighted by Crippen LogP contribution is 2.32. The molecule has 1 aliphatic heterocycles. The first-order chi connectivity index (χ1) is 18.4. The van der Waals surface area contributed by atoms with Crippen LogP contribution in [0.5, 0.6) is 17.2 Å². The first-order valence-electron chi connectivity index (χ1n) is 13.1. The van der Waals surface area contributed by atoms with Crippen molar-refractivity contribution in [3.63, 3.8) is 0 Å². The van der Waals surface area contributed by atoms with Gasteiger partial charge in [-0.1, -0.05) is 36.2 Å². The second-order valence-corrected chi connectivity index (χ2v) is 10.4. The average Bonchev–Trinajstić information content (AvgIpc) is 3.40. The quantitative estimate of drug-likeness (QED) is 0.228. The molecule has 3 aromatic rings. The van der Waals surface area contributed by atoms with Gasteiger partial charge < -0.3 is 23.5 Å². The fraction of sp³-hybridized carbons (Fsp3) is 0.483. The van der Waals surface area contributed by atoms with E-state index in [4.69, 9.17) is 42.1 Å². The summed E-state index contributed by atoms with van der Waals surface area (Å²) in [4.78, 5) is 6.81. The van der Waals surface area contributed by atoms with Crippen LogP contribution in [0.2, 0.25) is 10.0 Å². The minimum absolute atomic E-state index is 0.327. The molecule has 0 N–H and O–H groups in total. The average molecular weight is 563 g/mol. The summed E-state index contributed by atoms with van der Waals surface area (Å²) in [5, 5.41) is 0.999. The summed E-state index contributed by atoms with van der Waals surface area (Å²) in [7, 11) is 3.45. The van der Waals surface area contributed by atoms with Crippen molar-refractivity contribution < 1.29 is 18.9 Å². The molecule has 7 nitrogen and oxygen atoms in total. The lowest BCUT2D eigenvalue weighted by atomic mass is 9.91. The van der Waals surface area contributed by atoms with E-state index in [0.29, 0.717) is 29.0 Å². The molecule has 0 amide bonds. The molecular weight excluding hydrogens is 525 g/mol. The van der Waals surface area contributed by atoms with Crippen LogP contribution in [0.3, 0.4) is 0 Å². The molecule has 2 aromatic carbocycles. The maximum atomic E-state index is 6.12. The van der Waals surface area contributed by atoms with E-state index in [1.54, 1.807) is 26.4 Å². The maximum Gasteiger partial charge on any atom is 0.161 e. The molecule has 0 unspecified atom stereocenters. The number of aromatic nitrogens is 2. The second kappa shape index (κ2) is 13.6. The third-order valence-electron chi connectivity index (χ3n) is 7.15. The fourth-order valence-electron chi connectivity index (χ4n) is 4.77. The molecule has 0 spiro atoms. The van der Waals surface area contributed by atoms with Crippen LogP contribution in [-0.4, -0.2) is 60.6 Å². The number of piperidine rings is 1. The number of aryl methyl sites for hydroxylation is 2. The van der Waals surface area contributed by atoms with Gasteiger partial charge in [-0.3, -0.25) is 4.90 Å². The molecular formula is C29H37Cl2N3O4. The van der Waals surface area contributed by atoms with E-state index in [2.05, 4.69) is 33.5 Å². The number of rotatable bonds is 13. The second-order valence-electron chi connectivity index (χ2n) is 9.61. The predicted molar refractivity (Wildman–Crippen MR) is 151 cm³/mol. The van der Waals surface area contributed by atoms with Gasteiger partial charge >= 0.3 is 0 Å². The minimum atomic E-state index is -0.327. The van der Waals surface area contributed by atoms with Gasteiger partial charge in [-0.15, -0.1) is 0 Å². The largest absolute Gasteiger partial charge is 0.493 e.